The van der Waals surface area contributed by atoms with Crippen LogP contribution in [-0.4, -0.2) is 51.8 Å². The molecule has 7 nitrogen and oxygen atoms in total. The van der Waals surface area contributed by atoms with Gasteiger partial charge in [0.1, 0.15) is 5.54 Å². The quantitative estimate of drug-likeness (QED) is 0.202. The summed E-state index contributed by atoms with van der Waals surface area (Å²) in [5.74, 6) is -1.96. The number of rotatable bonds is 10. The molecule has 236 valence electrons. The molecule has 0 bridgehead atoms. The van der Waals surface area contributed by atoms with E-state index in [4.69, 9.17) is 15.5 Å². The van der Waals surface area contributed by atoms with Crippen LogP contribution in [-0.2, 0) is 21.5 Å². The lowest BCUT2D eigenvalue weighted by molar-refractivity contribution is -0.187. The maximum absolute atomic E-state index is 13.2. The number of hydrogen-bond donors (Lipinski definition) is 1. The van der Waals surface area contributed by atoms with E-state index in [9.17, 15) is 22.8 Å². The maximum atomic E-state index is 13.2. The number of imidazole rings is 1. The Hall–Kier alpha value is -4.60. The maximum Gasteiger partial charge on any atom is 0.405 e. The van der Waals surface area contributed by atoms with Crippen LogP contribution in [0.5, 0.6) is 0 Å². The molecule has 0 saturated carbocycles. The molecule has 2 N–H and O–H groups in total. The highest BCUT2D eigenvalue weighted by Gasteiger charge is 2.43. The second kappa shape index (κ2) is 13.6. The number of amides is 2. The molecule has 1 fully saturated rings. The van der Waals surface area contributed by atoms with Crippen molar-refractivity contribution in [3.8, 4) is 0 Å². The van der Waals surface area contributed by atoms with Crippen LogP contribution in [0.25, 0.3) is 0 Å². The number of primary amides is 1. The first-order valence-electron chi connectivity index (χ1n) is 15.1. The Kier molecular flexibility index (Phi) is 9.60. The lowest BCUT2D eigenvalue weighted by atomic mass is 9.76. The highest BCUT2D eigenvalue weighted by atomic mass is 19.4. The van der Waals surface area contributed by atoms with Crippen LogP contribution < -0.4 is 5.73 Å². The van der Waals surface area contributed by atoms with E-state index >= 15 is 0 Å². The SMILES string of the molecule is Cc1c(CCCC(OC(N)=O)C(=O)N2CCC(C(F)(F)F)CC2)ncn1C(c1ccccc1)(c1ccccc1)c1ccccc1. The normalized spacial score (nSPS) is 15.1. The Morgan fingerprint density at radius 1 is 0.889 bits per heavy atom. The predicted molar refractivity (Wildman–Crippen MR) is 164 cm³/mol. The second-order valence-electron chi connectivity index (χ2n) is 11.4. The molecule has 1 saturated heterocycles. The van der Waals surface area contributed by atoms with Gasteiger partial charge in [-0.3, -0.25) is 4.79 Å². The number of halogens is 3. The van der Waals surface area contributed by atoms with Gasteiger partial charge in [0, 0.05) is 18.8 Å². The van der Waals surface area contributed by atoms with Gasteiger partial charge < -0.3 is 19.9 Å². The molecule has 1 unspecified atom stereocenters. The van der Waals surface area contributed by atoms with Crippen LogP contribution in [0.15, 0.2) is 97.3 Å². The molecule has 2 amide bonds. The van der Waals surface area contributed by atoms with E-state index in [1.165, 1.54) is 4.90 Å². The number of ether oxygens (including phenoxy) is 1. The number of nitrogens with zero attached hydrogens (tertiary/aromatic N) is 3. The lowest BCUT2D eigenvalue weighted by Crippen LogP contribution is -2.47. The van der Waals surface area contributed by atoms with Crippen molar-refractivity contribution in [2.24, 2.45) is 11.7 Å². The van der Waals surface area contributed by atoms with Gasteiger partial charge in [0.25, 0.3) is 5.91 Å². The third kappa shape index (κ3) is 6.74. The highest BCUT2D eigenvalue weighted by Crippen LogP contribution is 2.42. The van der Waals surface area contributed by atoms with Crippen molar-refractivity contribution in [3.05, 3.63) is 125 Å². The Balaban J connectivity index is 1.40. The number of hydrogen-bond acceptors (Lipinski definition) is 4. The van der Waals surface area contributed by atoms with Crippen LogP contribution in [0.4, 0.5) is 18.0 Å². The third-order valence-corrected chi connectivity index (χ3v) is 8.73. The summed E-state index contributed by atoms with van der Waals surface area (Å²) >= 11 is 0. The summed E-state index contributed by atoms with van der Waals surface area (Å²) in [6.45, 7) is 1.91. The fraction of sp³-hybridized carbons (Fsp3) is 0.343. The average molecular weight is 619 g/mol. The fourth-order valence-corrected chi connectivity index (χ4v) is 6.44. The second-order valence-corrected chi connectivity index (χ2v) is 11.4. The van der Waals surface area contributed by atoms with Crippen molar-refractivity contribution < 1.29 is 27.5 Å². The van der Waals surface area contributed by atoms with Gasteiger partial charge in [-0.1, -0.05) is 91.0 Å². The Morgan fingerprint density at radius 3 is 1.82 bits per heavy atom. The molecular weight excluding hydrogens is 581 g/mol. The first-order valence-corrected chi connectivity index (χ1v) is 15.1. The van der Waals surface area contributed by atoms with Gasteiger partial charge in [-0.2, -0.15) is 13.2 Å². The first-order chi connectivity index (χ1) is 21.6. The van der Waals surface area contributed by atoms with Gasteiger partial charge in [-0.25, -0.2) is 9.78 Å². The number of likely N-dealkylation sites (tertiary alicyclic amines) is 1. The predicted octanol–water partition coefficient (Wildman–Crippen LogP) is 6.62. The number of aryl methyl sites for hydroxylation is 1. The molecule has 0 spiro atoms. The Morgan fingerprint density at radius 2 is 1.38 bits per heavy atom. The molecule has 2 heterocycles. The van der Waals surface area contributed by atoms with Crippen molar-refractivity contribution in [2.45, 2.75) is 56.8 Å². The smallest absolute Gasteiger partial charge is 0.405 e. The number of piperidine rings is 1. The molecule has 45 heavy (non-hydrogen) atoms. The van der Waals surface area contributed by atoms with E-state index in [0.29, 0.717) is 12.8 Å². The monoisotopic (exact) mass is 618 g/mol. The standard InChI is InChI=1S/C35H37F3N4O3/c1-25-30(18-11-19-31(45-33(39)44)32(43)41-22-20-29(21-23-41)35(36,37)38)40-24-42(25)34(26-12-5-2-6-13-26,27-14-7-3-8-15-27)28-16-9-4-10-17-28/h2-10,12-17,24,29,31H,11,18-23H2,1H3,(H2,39,44). The van der Waals surface area contributed by atoms with Gasteiger partial charge in [-0.05, 0) is 55.7 Å². The Bertz CT molecular complexity index is 1470. The molecule has 1 atom stereocenters. The summed E-state index contributed by atoms with van der Waals surface area (Å²) in [5, 5.41) is 0. The molecule has 1 aromatic heterocycles. The average Bonchev–Trinajstić information content (AvgIpc) is 3.41. The van der Waals surface area contributed by atoms with Crippen LogP contribution in [0.3, 0.4) is 0 Å². The van der Waals surface area contributed by atoms with Crippen LogP contribution in [0.1, 0.15) is 53.8 Å². The fourth-order valence-electron chi connectivity index (χ4n) is 6.44. The highest BCUT2D eigenvalue weighted by molar-refractivity contribution is 5.83. The number of carbonyl (C=O) groups is 2. The summed E-state index contributed by atoms with van der Waals surface area (Å²) in [7, 11) is 0. The summed E-state index contributed by atoms with van der Waals surface area (Å²) < 4.78 is 46.7. The summed E-state index contributed by atoms with van der Waals surface area (Å²) in [4.78, 5) is 31.0. The summed E-state index contributed by atoms with van der Waals surface area (Å²) in [6, 6.07) is 30.7. The molecule has 1 aliphatic rings. The van der Waals surface area contributed by atoms with E-state index < -0.39 is 35.7 Å². The lowest BCUT2D eigenvalue weighted by Gasteiger charge is -2.38. The van der Waals surface area contributed by atoms with E-state index in [2.05, 4.69) is 41.0 Å². The molecule has 0 radical (unpaired) electrons. The van der Waals surface area contributed by atoms with Gasteiger partial charge in [0.15, 0.2) is 6.10 Å². The number of benzene rings is 3. The van der Waals surface area contributed by atoms with E-state index in [1.54, 1.807) is 0 Å². The molecular formula is C35H37F3N4O3. The minimum atomic E-state index is -4.29. The van der Waals surface area contributed by atoms with Gasteiger partial charge >= 0.3 is 12.3 Å². The zero-order chi connectivity index (χ0) is 32.0. The number of carbonyl (C=O) groups excluding carboxylic acids is 2. The molecule has 1 aliphatic heterocycles. The summed E-state index contributed by atoms with van der Waals surface area (Å²) in [5.41, 5.74) is 9.47. The van der Waals surface area contributed by atoms with Crippen molar-refractivity contribution in [2.75, 3.05) is 13.1 Å². The molecule has 4 aromatic rings. The first kappa shape index (κ1) is 31.8. The van der Waals surface area contributed by atoms with Crippen LogP contribution >= 0.6 is 0 Å². The van der Waals surface area contributed by atoms with Crippen molar-refractivity contribution in [1.29, 1.82) is 0 Å². The van der Waals surface area contributed by atoms with E-state index in [0.717, 1.165) is 28.1 Å². The van der Waals surface area contributed by atoms with Gasteiger partial charge in [0.2, 0.25) is 0 Å². The zero-order valence-electron chi connectivity index (χ0n) is 25.1. The van der Waals surface area contributed by atoms with Crippen LogP contribution in [0.2, 0.25) is 0 Å². The zero-order valence-corrected chi connectivity index (χ0v) is 25.1. The molecule has 0 aliphatic carbocycles. The van der Waals surface area contributed by atoms with Gasteiger partial charge in [0.05, 0.1) is 17.9 Å². The Labute approximate surface area is 260 Å². The molecule has 5 rings (SSSR count). The number of nitrogens with two attached hydrogens (primary N) is 1. The summed E-state index contributed by atoms with van der Waals surface area (Å²) in [6.07, 6.45) is -4.01. The van der Waals surface area contributed by atoms with Crippen molar-refractivity contribution in [1.82, 2.24) is 14.5 Å². The number of aromatic nitrogens is 2. The van der Waals surface area contributed by atoms with E-state index in [-0.39, 0.29) is 32.4 Å². The number of alkyl halides is 3. The molecule has 3 aromatic carbocycles. The van der Waals surface area contributed by atoms with Gasteiger partial charge in [-0.15, -0.1) is 0 Å². The van der Waals surface area contributed by atoms with E-state index in [1.807, 2.05) is 67.8 Å². The largest absolute Gasteiger partial charge is 0.436 e. The topological polar surface area (TPSA) is 90.4 Å². The molecule has 10 heteroatoms. The van der Waals surface area contributed by atoms with Crippen molar-refractivity contribution in [3.63, 3.8) is 0 Å². The third-order valence-electron chi connectivity index (χ3n) is 8.73. The van der Waals surface area contributed by atoms with Crippen molar-refractivity contribution >= 4 is 12.0 Å². The minimum Gasteiger partial charge on any atom is -0.436 e. The minimum absolute atomic E-state index is 0.0499. The van der Waals surface area contributed by atoms with Crippen LogP contribution in [0, 0.1) is 12.8 Å².